The molecule has 0 saturated carbocycles. The van der Waals surface area contributed by atoms with Crippen LogP contribution < -0.4 is 5.32 Å². The third-order valence-electron chi connectivity index (χ3n) is 2.19. The highest BCUT2D eigenvalue weighted by molar-refractivity contribution is 6.31. The first-order valence-corrected chi connectivity index (χ1v) is 5.18. The summed E-state index contributed by atoms with van der Waals surface area (Å²) in [6.07, 6.45) is 1.52. The van der Waals surface area contributed by atoms with Gasteiger partial charge in [-0.25, -0.2) is 9.97 Å². The molecule has 2 aromatic heterocycles. The second-order valence-electron chi connectivity index (χ2n) is 3.38. The summed E-state index contributed by atoms with van der Waals surface area (Å²) in [7, 11) is 0. The van der Waals surface area contributed by atoms with Gasteiger partial charge in [0, 0.05) is 6.07 Å². The van der Waals surface area contributed by atoms with E-state index in [0.29, 0.717) is 17.5 Å². The van der Waals surface area contributed by atoms with Crippen molar-refractivity contribution in [2.24, 2.45) is 0 Å². The van der Waals surface area contributed by atoms with Crippen LogP contribution in [0.4, 0.5) is 5.82 Å². The zero-order valence-electron chi connectivity index (χ0n) is 8.99. The van der Waals surface area contributed by atoms with Crippen LogP contribution in [0, 0.1) is 13.8 Å². The fourth-order valence-electron chi connectivity index (χ4n) is 1.19. The van der Waals surface area contributed by atoms with Gasteiger partial charge in [-0.2, -0.15) is 0 Å². The van der Waals surface area contributed by atoms with Crippen LogP contribution in [0.5, 0.6) is 0 Å². The van der Waals surface area contributed by atoms with Crippen LogP contribution >= 0.6 is 11.6 Å². The maximum Gasteiger partial charge on any atom is 0.171 e. The summed E-state index contributed by atoms with van der Waals surface area (Å²) in [5, 5.41) is 7.19. The van der Waals surface area contributed by atoms with Crippen LogP contribution in [-0.4, -0.2) is 15.1 Å². The van der Waals surface area contributed by atoms with Crippen LogP contribution in [0.1, 0.15) is 17.1 Å². The van der Waals surface area contributed by atoms with Gasteiger partial charge >= 0.3 is 0 Å². The number of hydrogen-bond donors (Lipinski definition) is 1. The second kappa shape index (κ2) is 4.49. The summed E-state index contributed by atoms with van der Waals surface area (Å²) in [5.41, 5.74) is 2.47. The number of rotatable bonds is 3. The lowest BCUT2D eigenvalue weighted by Crippen LogP contribution is -2.05. The molecule has 0 radical (unpaired) electrons. The molecule has 2 heterocycles. The molecule has 16 heavy (non-hydrogen) atoms. The lowest BCUT2D eigenvalue weighted by atomic mass is 10.3. The zero-order valence-corrected chi connectivity index (χ0v) is 9.75. The summed E-state index contributed by atoms with van der Waals surface area (Å²) in [4.78, 5) is 8.48. The normalized spacial score (nSPS) is 10.4. The monoisotopic (exact) mass is 238 g/mol. The zero-order chi connectivity index (χ0) is 11.5. The van der Waals surface area contributed by atoms with E-state index in [9.17, 15) is 0 Å². The smallest absolute Gasteiger partial charge is 0.171 e. The van der Waals surface area contributed by atoms with Crippen molar-refractivity contribution < 1.29 is 4.52 Å². The third kappa shape index (κ3) is 2.30. The average Bonchev–Trinajstić information content (AvgIpc) is 2.74. The summed E-state index contributed by atoms with van der Waals surface area (Å²) >= 11 is 5.96. The Hall–Kier alpha value is -1.62. The highest BCUT2D eigenvalue weighted by Gasteiger charge is 2.07. The maximum absolute atomic E-state index is 5.96. The summed E-state index contributed by atoms with van der Waals surface area (Å²) in [5.74, 6) is 0.563. The van der Waals surface area contributed by atoms with Crippen LogP contribution in [-0.2, 0) is 6.54 Å². The van der Waals surface area contributed by atoms with Crippen molar-refractivity contribution in [3.8, 4) is 0 Å². The van der Waals surface area contributed by atoms with Gasteiger partial charge in [-0.15, -0.1) is 0 Å². The van der Waals surface area contributed by atoms with Gasteiger partial charge in [0.05, 0.1) is 17.9 Å². The Morgan fingerprint density at radius 3 is 2.75 bits per heavy atom. The molecule has 2 rings (SSSR count). The van der Waals surface area contributed by atoms with Gasteiger partial charge in [0.25, 0.3) is 0 Å². The SMILES string of the molecule is Cc1nc(Cl)c(NCc2ccon2)nc1C. The number of hydrogen-bond acceptors (Lipinski definition) is 5. The first-order valence-electron chi connectivity index (χ1n) is 4.80. The molecule has 0 unspecified atom stereocenters. The third-order valence-corrected chi connectivity index (χ3v) is 2.46. The number of nitrogens with zero attached hydrogens (tertiary/aromatic N) is 3. The predicted molar refractivity (Wildman–Crippen MR) is 60.3 cm³/mol. The van der Waals surface area contributed by atoms with Gasteiger partial charge in [-0.05, 0) is 13.8 Å². The predicted octanol–water partition coefficient (Wildman–Crippen LogP) is 2.35. The minimum absolute atomic E-state index is 0.367. The summed E-state index contributed by atoms with van der Waals surface area (Å²) in [6.45, 7) is 4.27. The van der Waals surface area contributed by atoms with Gasteiger partial charge in [-0.3, -0.25) is 0 Å². The first kappa shape index (κ1) is 10.9. The highest BCUT2D eigenvalue weighted by atomic mass is 35.5. The molecular weight excluding hydrogens is 228 g/mol. The molecule has 0 aliphatic heterocycles. The van der Waals surface area contributed by atoms with E-state index < -0.39 is 0 Å². The Morgan fingerprint density at radius 2 is 2.06 bits per heavy atom. The van der Waals surface area contributed by atoms with E-state index >= 15 is 0 Å². The molecule has 0 aliphatic carbocycles. The number of nitrogens with one attached hydrogen (secondary N) is 1. The first-order chi connectivity index (χ1) is 7.66. The minimum atomic E-state index is 0.367. The fraction of sp³-hybridized carbons (Fsp3) is 0.300. The van der Waals surface area contributed by atoms with Crippen molar-refractivity contribution in [2.75, 3.05) is 5.32 Å². The Kier molecular flexibility index (Phi) is 3.05. The number of anilines is 1. The van der Waals surface area contributed by atoms with Gasteiger partial charge in [-0.1, -0.05) is 16.8 Å². The van der Waals surface area contributed by atoms with Crippen molar-refractivity contribution in [1.82, 2.24) is 15.1 Å². The van der Waals surface area contributed by atoms with E-state index in [2.05, 4.69) is 20.4 Å². The van der Waals surface area contributed by atoms with Crippen LogP contribution in [0.15, 0.2) is 16.9 Å². The van der Waals surface area contributed by atoms with Crippen LogP contribution in [0.25, 0.3) is 0 Å². The lowest BCUT2D eigenvalue weighted by Gasteiger charge is -2.07. The molecule has 5 nitrogen and oxygen atoms in total. The minimum Gasteiger partial charge on any atom is -0.364 e. The lowest BCUT2D eigenvalue weighted by molar-refractivity contribution is 0.412. The van der Waals surface area contributed by atoms with Gasteiger partial charge in [0.1, 0.15) is 12.0 Å². The van der Waals surface area contributed by atoms with Crippen molar-refractivity contribution in [3.05, 3.63) is 34.6 Å². The van der Waals surface area contributed by atoms with Gasteiger partial charge in [0.2, 0.25) is 0 Å². The quantitative estimate of drug-likeness (QED) is 0.889. The largest absolute Gasteiger partial charge is 0.364 e. The van der Waals surface area contributed by atoms with E-state index in [1.165, 1.54) is 6.26 Å². The molecule has 6 heteroatoms. The van der Waals surface area contributed by atoms with E-state index in [4.69, 9.17) is 16.1 Å². The molecule has 0 atom stereocenters. The van der Waals surface area contributed by atoms with Crippen LogP contribution in [0.3, 0.4) is 0 Å². The van der Waals surface area contributed by atoms with Crippen molar-refractivity contribution >= 4 is 17.4 Å². The molecule has 0 aliphatic rings. The van der Waals surface area contributed by atoms with E-state index in [1.54, 1.807) is 6.07 Å². The molecular formula is C10H11ClN4O. The molecule has 0 amide bonds. The second-order valence-corrected chi connectivity index (χ2v) is 3.74. The summed E-state index contributed by atoms with van der Waals surface area (Å²) < 4.78 is 4.72. The number of aryl methyl sites for hydroxylation is 2. The molecule has 0 saturated heterocycles. The van der Waals surface area contributed by atoms with Gasteiger partial charge in [0.15, 0.2) is 11.0 Å². The standard InChI is InChI=1S/C10H11ClN4O/c1-6-7(2)14-10(9(11)13-6)12-5-8-3-4-16-15-8/h3-4H,5H2,1-2H3,(H,12,14). The van der Waals surface area contributed by atoms with E-state index in [-0.39, 0.29) is 0 Å². The molecule has 0 aromatic carbocycles. The Morgan fingerprint density at radius 1 is 1.31 bits per heavy atom. The number of halogens is 1. The van der Waals surface area contributed by atoms with Crippen molar-refractivity contribution in [3.63, 3.8) is 0 Å². The van der Waals surface area contributed by atoms with Crippen molar-refractivity contribution in [2.45, 2.75) is 20.4 Å². The molecule has 0 fully saturated rings. The number of aromatic nitrogens is 3. The summed E-state index contributed by atoms with van der Waals surface area (Å²) in [6, 6.07) is 1.77. The Bertz CT molecular complexity index is 484. The van der Waals surface area contributed by atoms with E-state index in [0.717, 1.165) is 17.1 Å². The maximum atomic E-state index is 5.96. The molecule has 1 N–H and O–H groups in total. The van der Waals surface area contributed by atoms with Crippen LogP contribution in [0.2, 0.25) is 5.15 Å². The highest BCUT2D eigenvalue weighted by Crippen LogP contribution is 2.18. The molecule has 84 valence electrons. The molecule has 2 aromatic rings. The average molecular weight is 239 g/mol. The topological polar surface area (TPSA) is 63.8 Å². The van der Waals surface area contributed by atoms with Gasteiger partial charge < -0.3 is 9.84 Å². The van der Waals surface area contributed by atoms with Crippen molar-refractivity contribution in [1.29, 1.82) is 0 Å². The molecule has 0 spiro atoms. The van der Waals surface area contributed by atoms with E-state index in [1.807, 2.05) is 13.8 Å². The molecule has 0 bridgehead atoms. The Balaban J connectivity index is 2.12. The Labute approximate surface area is 97.8 Å². The fourth-order valence-corrected chi connectivity index (χ4v) is 1.43.